The van der Waals surface area contributed by atoms with Gasteiger partial charge in [-0.25, -0.2) is 4.79 Å². The van der Waals surface area contributed by atoms with Gasteiger partial charge in [0.1, 0.15) is 6.61 Å². The van der Waals surface area contributed by atoms with E-state index in [1.807, 2.05) is 24.3 Å². The molecule has 4 unspecified atom stereocenters. The number of amides is 2. The number of aliphatic carboxylic acids is 1. The van der Waals surface area contributed by atoms with Gasteiger partial charge < -0.3 is 20.1 Å². The van der Waals surface area contributed by atoms with Gasteiger partial charge in [-0.1, -0.05) is 55.0 Å². The van der Waals surface area contributed by atoms with Crippen LogP contribution in [0.25, 0.3) is 11.1 Å². The minimum Gasteiger partial charge on any atom is -0.481 e. The maximum Gasteiger partial charge on any atom is 0.407 e. The highest BCUT2D eigenvalue weighted by Crippen LogP contribution is 2.58. The average Bonchev–Trinajstić information content (AvgIpc) is 3.15. The fraction of sp³-hybridized carbons (Fsp3) is 0.464. The van der Waals surface area contributed by atoms with Crippen LogP contribution in [0.1, 0.15) is 49.1 Å². The molecule has 4 aliphatic rings. The zero-order valence-electron chi connectivity index (χ0n) is 19.6. The number of fused-ring (bicyclic) bond motifs is 4. The first-order chi connectivity index (χ1) is 17.0. The number of benzene rings is 2. The molecule has 3 aliphatic carbocycles. The fourth-order valence-corrected chi connectivity index (χ4v) is 6.62. The van der Waals surface area contributed by atoms with Crippen LogP contribution in [0.4, 0.5) is 4.79 Å². The van der Waals surface area contributed by atoms with Gasteiger partial charge in [-0.05, 0) is 53.4 Å². The van der Waals surface area contributed by atoms with Gasteiger partial charge in [0.15, 0.2) is 0 Å². The Labute approximate surface area is 204 Å². The second kappa shape index (κ2) is 8.40. The predicted molar refractivity (Wildman–Crippen MR) is 129 cm³/mol. The second-order valence-electron chi connectivity index (χ2n) is 10.6. The molecule has 7 heteroatoms. The number of nitrogens with one attached hydrogen (secondary N) is 1. The highest BCUT2D eigenvalue weighted by Gasteiger charge is 2.66. The van der Waals surface area contributed by atoms with Gasteiger partial charge in [0, 0.05) is 31.5 Å². The molecular formula is C28H30N2O5. The number of piperidine rings is 1. The largest absolute Gasteiger partial charge is 0.481 e. The molecule has 3 fully saturated rings. The van der Waals surface area contributed by atoms with Crippen LogP contribution in [-0.2, 0) is 14.3 Å². The van der Waals surface area contributed by atoms with Crippen molar-refractivity contribution < 1.29 is 24.2 Å². The first kappa shape index (κ1) is 22.1. The van der Waals surface area contributed by atoms with E-state index in [9.17, 15) is 19.5 Å². The van der Waals surface area contributed by atoms with Crippen LogP contribution in [-0.4, -0.2) is 53.7 Å². The number of alkyl carbamates (subject to hydrolysis) is 1. The quantitative estimate of drug-likeness (QED) is 0.659. The summed E-state index contributed by atoms with van der Waals surface area (Å²) in [6, 6.07) is 16.4. The lowest BCUT2D eigenvalue weighted by Crippen LogP contribution is -2.41. The van der Waals surface area contributed by atoms with E-state index < -0.39 is 17.5 Å². The Balaban J connectivity index is 1.04. The van der Waals surface area contributed by atoms with Gasteiger partial charge >= 0.3 is 12.1 Å². The van der Waals surface area contributed by atoms with E-state index in [0.29, 0.717) is 25.9 Å². The van der Waals surface area contributed by atoms with Crippen LogP contribution < -0.4 is 5.32 Å². The first-order valence-electron chi connectivity index (χ1n) is 12.6. The van der Waals surface area contributed by atoms with E-state index in [2.05, 4.69) is 29.6 Å². The monoisotopic (exact) mass is 474 g/mol. The molecule has 6 rings (SSSR count). The SMILES string of the molecule is O=C(NC1CCCC1CC(=O)N1CC2CC2(C(=O)O)C1)OCC1c2ccccc2-c2ccccc21. The molecule has 0 spiro atoms. The molecule has 1 aliphatic heterocycles. The van der Waals surface area contributed by atoms with Crippen molar-refractivity contribution in [1.29, 1.82) is 0 Å². The third-order valence-corrected chi connectivity index (χ3v) is 8.67. The minimum absolute atomic E-state index is 0.00376. The number of carboxylic acids is 1. The van der Waals surface area contributed by atoms with E-state index >= 15 is 0 Å². The number of likely N-dealkylation sites (tertiary alicyclic amines) is 1. The lowest BCUT2D eigenvalue weighted by molar-refractivity contribution is -0.144. The zero-order chi connectivity index (χ0) is 24.2. The number of nitrogens with zero attached hydrogens (tertiary/aromatic N) is 1. The Morgan fingerprint density at radius 2 is 1.71 bits per heavy atom. The molecular weight excluding hydrogens is 444 g/mol. The molecule has 182 valence electrons. The molecule has 0 radical (unpaired) electrons. The summed E-state index contributed by atoms with van der Waals surface area (Å²) >= 11 is 0. The number of hydrogen-bond donors (Lipinski definition) is 2. The van der Waals surface area contributed by atoms with Gasteiger partial charge in [0.05, 0.1) is 5.41 Å². The molecule has 0 aromatic heterocycles. The van der Waals surface area contributed by atoms with Crippen molar-refractivity contribution in [1.82, 2.24) is 10.2 Å². The molecule has 2 saturated carbocycles. The van der Waals surface area contributed by atoms with E-state index in [0.717, 1.165) is 19.3 Å². The highest BCUT2D eigenvalue weighted by atomic mass is 16.5. The summed E-state index contributed by atoms with van der Waals surface area (Å²) in [5, 5.41) is 12.5. The molecule has 2 N–H and O–H groups in total. The highest BCUT2D eigenvalue weighted by molar-refractivity contribution is 5.84. The number of carboxylic acid groups (broad SMARTS) is 1. The molecule has 0 bridgehead atoms. The Morgan fingerprint density at radius 1 is 1.03 bits per heavy atom. The number of carbonyl (C=O) groups is 3. The molecule has 2 amide bonds. The number of rotatable bonds is 6. The number of carbonyl (C=O) groups excluding carboxylic acids is 2. The van der Waals surface area contributed by atoms with E-state index in [-0.39, 0.29) is 36.3 Å². The summed E-state index contributed by atoms with van der Waals surface area (Å²) in [6.07, 6.45) is 3.24. The van der Waals surface area contributed by atoms with Crippen molar-refractivity contribution in [2.45, 2.75) is 44.1 Å². The van der Waals surface area contributed by atoms with Gasteiger partial charge in [-0.3, -0.25) is 9.59 Å². The summed E-state index contributed by atoms with van der Waals surface area (Å²) in [7, 11) is 0. The normalized spacial score (nSPS) is 28.2. The third-order valence-electron chi connectivity index (χ3n) is 8.67. The molecule has 2 aromatic rings. The Kier molecular flexibility index (Phi) is 5.31. The minimum atomic E-state index is -0.784. The maximum atomic E-state index is 12.9. The van der Waals surface area contributed by atoms with Crippen molar-refractivity contribution in [3.8, 4) is 11.1 Å². The molecule has 7 nitrogen and oxygen atoms in total. The topological polar surface area (TPSA) is 95.9 Å². The second-order valence-corrected chi connectivity index (χ2v) is 10.6. The van der Waals surface area contributed by atoms with Crippen LogP contribution in [0.15, 0.2) is 48.5 Å². The molecule has 35 heavy (non-hydrogen) atoms. The van der Waals surface area contributed by atoms with Gasteiger partial charge in [0.25, 0.3) is 0 Å². The van der Waals surface area contributed by atoms with Crippen LogP contribution in [0.5, 0.6) is 0 Å². The van der Waals surface area contributed by atoms with Crippen LogP contribution in [0.3, 0.4) is 0 Å². The van der Waals surface area contributed by atoms with Crippen molar-refractivity contribution in [2.24, 2.45) is 17.3 Å². The Hall–Kier alpha value is -3.35. The van der Waals surface area contributed by atoms with Gasteiger partial charge in [0.2, 0.25) is 5.91 Å². The van der Waals surface area contributed by atoms with Gasteiger partial charge in [-0.2, -0.15) is 0 Å². The first-order valence-corrected chi connectivity index (χ1v) is 12.6. The van der Waals surface area contributed by atoms with Crippen molar-refractivity contribution in [3.05, 3.63) is 59.7 Å². The fourth-order valence-electron chi connectivity index (χ4n) is 6.62. The zero-order valence-corrected chi connectivity index (χ0v) is 19.6. The summed E-state index contributed by atoms with van der Waals surface area (Å²) in [4.78, 5) is 38.9. The summed E-state index contributed by atoms with van der Waals surface area (Å²) < 4.78 is 5.70. The number of hydrogen-bond acceptors (Lipinski definition) is 4. The summed E-state index contributed by atoms with van der Waals surface area (Å²) in [5.74, 6) is -0.613. The molecule has 1 heterocycles. The van der Waals surface area contributed by atoms with Gasteiger partial charge in [-0.15, -0.1) is 0 Å². The van der Waals surface area contributed by atoms with Crippen molar-refractivity contribution in [3.63, 3.8) is 0 Å². The molecule has 4 atom stereocenters. The van der Waals surface area contributed by atoms with Crippen LogP contribution >= 0.6 is 0 Å². The third kappa shape index (κ3) is 3.77. The molecule has 2 aromatic carbocycles. The maximum absolute atomic E-state index is 12.9. The predicted octanol–water partition coefficient (Wildman–Crippen LogP) is 4.02. The average molecular weight is 475 g/mol. The van der Waals surface area contributed by atoms with E-state index in [4.69, 9.17) is 4.74 Å². The van der Waals surface area contributed by atoms with E-state index in [1.54, 1.807) is 4.90 Å². The van der Waals surface area contributed by atoms with E-state index in [1.165, 1.54) is 22.3 Å². The summed E-state index contributed by atoms with van der Waals surface area (Å²) in [5.41, 5.74) is 4.03. The van der Waals surface area contributed by atoms with Crippen LogP contribution in [0, 0.1) is 17.3 Å². The lowest BCUT2D eigenvalue weighted by atomic mass is 9.98. The summed E-state index contributed by atoms with van der Waals surface area (Å²) in [6.45, 7) is 1.13. The van der Waals surface area contributed by atoms with Crippen LogP contribution in [0.2, 0.25) is 0 Å². The Bertz CT molecular complexity index is 1150. The molecule has 1 saturated heterocycles. The Morgan fingerprint density at radius 3 is 2.37 bits per heavy atom. The van der Waals surface area contributed by atoms with Crippen molar-refractivity contribution in [2.75, 3.05) is 19.7 Å². The number of ether oxygens (including phenoxy) is 1. The standard InChI is InChI=1S/C28H30N2O5/c31-25(30-14-18-13-28(18,16-30)26(32)33)12-17-6-5-11-24(17)29-27(34)35-15-23-21-9-3-1-7-19(21)20-8-2-4-10-22(20)23/h1-4,7-10,17-18,23-24H,5-6,11-16H2,(H,29,34)(H,32,33). The lowest BCUT2D eigenvalue weighted by Gasteiger charge is -2.25. The van der Waals surface area contributed by atoms with Crippen molar-refractivity contribution >= 4 is 18.0 Å². The smallest absolute Gasteiger partial charge is 0.407 e.